The van der Waals surface area contributed by atoms with Gasteiger partial charge in [0.05, 0.1) is 22.3 Å². The number of benzene rings is 6. The summed E-state index contributed by atoms with van der Waals surface area (Å²) in [5.74, 6) is 0. The summed E-state index contributed by atoms with van der Waals surface area (Å²) in [6.07, 6.45) is -19.4. The van der Waals surface area contributed by atoms with Crippen molar-refractivity contribution in [2.24, 2.45) is 0 Å². The maximum absolute atomic E-state index is 13.7. The van der Waals surface area contributed by atoms with Crippen molar-refractivity contribution in [3.63, 3.8) is 0 Å². The van der Waals surface area contributed by atoms with Gasteiger partial charge in [-0.3, -0.25) is 0 Å². The summed E-state index contributed by atoms with van der Waals surface area (Å²) in [5.41, 5.74) is -1.07. The van der Waals surface area contributed by atoms with E-state index in [1.165, 1.54) is 38.1 Å². The van der Waals surface area contributed by atoms with Crippen LogP contribution in [0, 0.1) is 13.8 Å². The summed E-state index contributed by atoms with van der Waals surface area (Å²) in [6.45, 7) is 3.02. The molecule has 0 fully saturated rings. The molecule has 0 aliphatic rings. The quantitative estimate of drug-likeness (QED) is 0.154. The lowest BCUT2D eigenvalue weighted by Crippen LogP contribution is -2.11. The van der Waals surface area contributed by atoms with Crippen LogP contribution in [0.5, 0.6) is 0 Å². The predicted molar refractivity (Wildman–Crippen MR) is 183 cm³/mol. The minimum absolute atomic E-state index is 0.0312. The van der Waals surface area contributed by atoms with Crippen molar-refractivity contribution in [3.05, 3.63) is 155 Å². The summed E-state index contributed by atoms with van der Waals surface area (Å²) in [6, 6.07) is 25.4. The molecular weight excluding hydrogens is 732 g/mol. The van der Waals surface area contributed by atoms with Crippen LogP contribution in [0.2, 0.25) is 0 Å². The van der Waals surface area contributed by atoms with Crippen LogP contribution in [-0.4, -0.2) is 0 Å². The molecule has 278 valence electrons. The Hall–Kier alpha value is -5.52. The third-order valence-corrected chi connectivity index (χ3v) is 8.85. The molecule has 0 bridgehead atoms. The summed E-state index contributed by atoms with van der Waals surface area (Å²) < 4.78 is 164. The van der Waals surface area contributed by atoms with Gasteiger partial charge in [0, 0.05) is 0 Å². The fraction of sp³-hybridized carbons (Fsp3) is 0.143. The zero-order chi connectivity index (χ0) is 39.4. The molecule has 0 amide bonds. The van der Waals surface area contributed by atoms with Crippen molar-refractivity contribution < 1.29 is 52.7 Å². The first-order valence-corrected chi connectivity index (χ1v) is 16.1. The van der Waals surface area contributed by atoms with Gasteiger partial charge in [-0.25, -0.2) is 0 Å². The van der Waals surface area contributed by atoms with E-state index in [-0.39, 0.29) is 28.3 Å². The van der Waals surface area contributed by atoms with Crippen LogP contribution in [-0.2, 0) is 24.7 Å². The van der Waals surface area contributed by atoms with Crippen molar-refractivity contribution in [1.29, 1.82) is 0 Å². The Balaban J connectivity index is 1.53. The first-order valence-electron chi connectivity index (χ1n) is 16.1. The SMILES string of the molecule is Cc1cc(-c2cccc(-c3cc(-c4cccc(-c5cc(C(F)(F)F)cc(C(F)(F)F)c5)c4)cc(-c4ccc(C(F)(F)F)cc4C)c3)c2)cc(C(F)(F)F)c1. The van der Waals surface area contributed by atoms with E-state index in [9.17, 15) is 52.7 Å². The van der Waals surface area contributed by atoms with Gasteiger partial charge in [0.1, 0.15) is 0 Å². The molecule has 0 saturated heterocycles. The third kappa shape index (κ3) is 8.32. The number of rotatable bonds is 5. The second-order valence-corrected chi connectivity index (χ2v) is 12.9. The van der Waals surface area contributed by atoms with Crippen molar-refractivity contribution in [2.75, 3.05) is 0 Å². The van der Waals surface area contributed by atoms with E-state index in [0.717, 1.165) is 24.3 Å². The van der Waals surface area contributed by atoms with Crippen LogP contribution in [0.25, 0.3) is 55.6 Å². The van der Waals surface area contributed by atoms with Crippen molar-refractivity contribution in [2.45, 2.75) is 38.6 Å². The number of hydrogen-bond donors (Lipinski definition) is 0. The zero-order valence-electron chi connectivity index (χ0n) is 28.1. The molecule has 0 nitrogen and oxygen atoms in total. The van der Waals surface area contributed by atoms with Crippen molar-refractivity contribution in [3.8, 4) is 55.6 Å². The molecule has 6 rings (SSSR count). The number of aryl methyl sites for hydroxylation is 2. The Bertz CT molecular complexity index is 2320. The molecule has 0 radical (unpaired) electrons. The molecule has 54 heavy (non-hydrogen) atoms. The maximum Gasteiger partial charge on any atom is 0.416 e. The Morgan fingerprint density at radius 3 is 1.06 bits per heavy atom. The van der Waals surface area contributed by atoms with E-state index >= 15 is 0 Å². The summed E-state index contributed by atoms with van der Waals surface area (Å²) in [7, 11) is 0. The van der Waals surface area contributed by atoms with Crippen LogP contribution >= 0.6 is 0 Å². The highest BCUT2D eigenvalue weighted by Crippen LogP contribution is 2.42. The second-order valence-electron chi connectivity index (χ2n) is 12.9. The fourth-order valence-corrected chi connectivity index (χ4v) is 6.27. The molecule has 0 aliphatic carbocycles. The minimum atomic E-state index is -5.07. The molecule has 0 spiro atoms. The van der Waals surface area contributed by atoms with Crippen LogP contribution < -0.4 is 0 Å². The molecule has 0 atom stereocenters. The molecule has 0 aromatic heterocycles. The minimum Gasteiger partial charge on any atom is -0.166 e. The van der Waals surface area contributed by atoms with Crippen LogP contribution in [0.3, 0.4) is 0 Å². The smallest absolute Gasteiger partial charge is 0.166 e. The summed E-state index contributed by atoms with van der Waals surface area (Å²) >= 11 is 0. The van der Waals surface area contributed by atoms with Gasteiger partial charge >= 0.3 is 24.7 Å². The molecule has 0 saturated carbocycles. The largest absolute Gasteiger partial charge is 0.416 e. The van der Waals surface area contributed by atoms with E-state index in [1.54, 1.807) is 54.6 Å². The highest BCUT2D eigenvalue weighted by atomic mass is 19.4. The lowest BCUT2D eigenvalue weighted by molar-refractivity contribution is -0.143. The number of hydrogen-bond acceptors (Lipinski definition) is 0. The van der Waals surface area contributed by atoms with Gasteiger partial charge in [0.15, 0.2) is 0 Å². The average Bonchev–Trinajstić information content (AvgIpc) is 3.09. The molecule has 0 N–H and O–H groups in total. The molecule has 12 heteroatoms. The van der Waals surface area contributed by atoms with E-state index in [0.29, 0.717) is 56.6 Å². The Morgan fingerprint density at radius 2 is 0.648 bits per heavy atom. The Morgan fingerprint density at radius 1 is 0.296 bits per heavy atom. The maximum atomic E-state index is 13.7. The summed E-state index contributed by atoms with van der Waals surface area (Å²) in [5, 5.41) is 0. The summed E-state index contributed by atoms with van der Waals surface area (Å²) in [4.78, 5) is 0. The molecule has 6 aromatic rings. The standard InChI is InChI=1S/C42H26F12/c1-23-11-29(19-35(12-23)40(46,47)48)25-5-3-6-26(14-25)30-16-31(18-33(17-30)38-10-9-34(13-24(38)2)39(43,44)45)27-7-4-8-28(15-27)32-20-36(41(49,50)51)22-37(21-32)42(52,53)54/h3-22H,1-2H3. The molecular formula is C42H26F12. The van der Waals surface area contributed by atoms with E-state index < -0.39 is 47.0 Å². The molecule has 0 heterocycles. The van der Waals surface area contributed by atoms with Gasteiger partial charge in [0.2, 0.25) is 0 Å². The zero-order valence-corrected chi connectivity index (χ0v) is 28.1. The topological polar surface area (TPSA) is 0 Å². The lowest BCUT2D eigenvalue weighted by atomic mass is 9.89. The lowest BCUT2D eigenvalue weighted by Gasteiger charge is -2.17. The monoisotopic (exact) mass is 758 g/mol. The molecule has 6 aromatic carbocycles. The number of alkyl halides is 12. The highest BCUT2D eigenvalue weighted by molar-refractivity contribution is 5.85. The van der Waals surface area contributed by atoms with E-state index in [4.69, 9.17) is 0 Å². The second kappa shape index (κ2) is 13.7. The van der Waals surface area contributed by atoms with Gasteiger partial charge in [-0.15, -0.1) is 0 Å². The van der Waals surface area contributed by atoms with Crippen molar-refractivity contribution in [1.82, 2.24) is 0 Å². The first kappa shape index (κ1) is 38.2. The van der Waals surface area contributed by atoms with Gasteiger partial charge in [-0.2, -0.15) is 52.7 Å². The van der Waals surface area contributed by atoms with Gasteiger partial charge < -0.3 is 0 Å². The van der Waals surface area contributed by atoms with Gasteiger partial charge in [-0.05, 0) is 153 Å². The number of halogens is 12. The first-order chi connectivity index (χ1) is 25.1. The Kier molecular flexibility index (Phi) is 9.71. The van der Waals surface area contributed by atoms with Gasteiger partial charge in [-0.1, -0.05) is 48.5 Å². The predicted octanol–water partition coefficient (Wildman–Crippen LogP) is 14.7. The molecule has 0 unspecified atom stereocenters. The fourth-order valence-electron chi connectivity index (χ4n) is 6.27. The molecule has 0 aliphatic heterocycles. The highest BCUT2D eigenvalue weighted by Gasteiger charge is 2.37. The van der Waals surface area contributed by atoms with E-state index in [2.05, 4.69) is 0 Å². The van der Waals surface area contributed by atoms with Crippen LogP contribution in [0.1, 0.15) is 33.4 Å². The third-order valence-electron chi connectivity index (χ3n) is 8.85. The van der Waals surface area contributed by atoms with Gasteiger partial charge in [0.25, 0.3) is 0 Å². The van der Waals surface area contributed by atoms with E-state index in [1.807, 2.05) is 0 Å². The van der Waals surface area contributed by atoms with Crippen LogP contribution in [0.4, 0.5) is 52.7 Å². The normalized spacial score (nSPS) is 12.6. The average molecular weight is 759 g/mol. The Labute approximate surface area is 301 Å². The van der Waals surface area contributed by atoms with Crippen molar-refractivity contribution >= 4 is 0 Å². The van der Waals surface area contributed by atoms with Crippen LogP contribution in [0.15, 0.2) is 121 Å².